The molecule has 1 aliphatic heterocycles. The van der Waals surface area contributed by atoms with Crippen molar-refractivity contribution >= 4 is 11.9 Å². The average Bonchev–Trinajstić information content (AvgIpc) is 3.28. The van der Waals surface area contributed by atoms with E-state index in [2.05, 4.69) is 45.6 Å². The molecular weight excluding hydrogens is 380 g/mol. The van der Waals surface area contributed by atoms with Gasteiger partial charge in [-0.05, 0) is 43.3 Å². The summed E-state index contributed by atoms with van der Waals surface area (Å²) >= 11 is 0. The van der Waals surface area contributed by atoms with Crippen LogP contribution in [0.5, 0.6) is 11.5 Å². The second-order valence-corrected chi connectivity index (χ2v) is 7.26. The van der Waals surface area contributed by atoms with Gasteiger partial charge in [0.15, 0.2) is 6.61 Å². The van der Waals surface area contributed by atoms with E-state index in [9.17, 15) is 4.79 Å². The van der Waals surface area contributed by atoms with Crippen molar-refractivity contribution in [1.29, 1.82) is 0 Å². The third-order valence-electron chi connectivity index (χ3n) is 5.27. The van der Waals surface area contributed by atoms with Gasteiger partial charge in [0.25, 0.3) is 5.91 Å². The fourth-order valence-electron chi connectivity index (χ4n) is 3.50. The third-order valence-corrected chi connectivity index (χ3v) is 5.27. The van der Waals surface area contributed by atoms with Crippen molar-refractivity contribution in [1.82, 2.24) is 14.5 Å². The van der Waals surface area contributed by atoms with Crippen molar-refractivity contribution in [2.75, 3.05) is 44.8 Å². The molecule has 2 aromatic carbocycles. The maximum Gasteiger partial charge on any atom is 0.260 e. The number of hydrogen-bond acceptors (Lipinski definition) is 5. The van der Waals surface area contributed by atoms with Gasteiger partial charge in [0.05, 0.1) is 7.11 Å². The van der Waals surface area contributed by atoms with Crippen molar-refractivity contribution in [2.24, 2.45) is 0 Å². The number of carbonyl (C=O) groups excluding carboxylic acids is 1. The van der Waals surface area contributed by atoms with E-state index >= 15 is 0 Å². The molecule has 156 valence electrons. The minimum atomic E-state index is -0.00709. The second-order valence-electron chi connectivity index (χ2n) is 7.26. The highest BCUT2D eigenvalue weighted by molar-refractivity contribution is 5.78. The van der Waals surface area contributed by atoms with Gasteiger partial charge in [-0.1, -0.05) is 17.7 Å². The van der Waals surface area contributed by atoms with E-state index in [1.165, 1.54) is 5.56 Å². The van der Waals surface area contributed by atoms with Crippen molar-refractivity contribution < 1.29 is 14.3 Å². The highest BCUT2D eigenvalue weighted by atomic mass is 16.5. The van der Waals surface area contributed by atoms with Crippen molar-refractivity contribution in [3.05, 3.63) is 66.5 Å². The summed E-state index contributed by atoms with van der Waals surface area (Å²) in [4.78, 5) is 21.2. The Balaban J connectivity index is 1.32. The van der Waals surface area contributed by atoms with Gasteiger partial charge in [0.1, 0.15) is 11.5 Å². The Morgan fingerprint density at radius 3 is 2.30 bits per heavy atom. The SMILES string of the molecule is COc1ccc(OCC(=O)N2CCN(c3nccn3-c3ccc(C)cc3)CC2)cc1. The van der Waals surface area contributed by atoms with Crippen LogP contribution in [-0.4, -0.2) is 60.3 Å². The fraction of sp³-hybridized carbons (Fsp3) is 0.304. The first-order valence-electron chi connectivity index (χ1n) is 10.0. The van der Waals surface area contributed by atoms with Crippen LogP contribution in [0, 0.1) is 6.92 Å². The topological polar surface area (TPSA) is 59.8 Å². The van der Waals surface area contributed by atoms with Crippen LogP contribution in [0.1, 0.15) is 5.56 Å². The number of benzene rings is 2. The number of methoxy groups -OCH3 is 1. The lowest BCUT2D eigenvalue weighted by atomic mass is 10.2. The first-order valence-corrected chi connectivity index (χ1v) is 10.0. The number of imidazole rings is 1. The molecule has 0 N–H and O–H groups in total. The molecule has 0 aliphatic carbocycles. The molecule has 4 rings (SSSR count). The molecule has 0 saturated carbocycles. The number of aryl methyl sites for hydroxylation is 1. The molecule has 3 aromatic rings. The number of carbonyl (C=O) groups is 1. The number of amides is 1. The van der Waals surface area contributed by atoms with Gasteiger partial charge in [-0.15, -0.1) is 0 Å². The van der Waals surface area contributed by atoms with Crippen LogP contribution in [0.4, 0.5) is 5.95 Å². The number of nitrogens with zero attached hydrogens (tertiary/aromatic N) is 4. The zero-order valence-corrected chi connectivity index (χ0v) is 17.3. The molecule has 1 aromatic heterocycles. The maximum atomic E-state index is 12.5. The van der Waals surface area contributed by atoms with Crippen molar-refractivity contribution in [3.8, 4) is 17.2 Å². The van der Waals surface area contributed by atoms with Crippen LogP contribution < -0.4 is 14.4 Å². The second kappa shape index (κ2) is 8.90. The van der Waals surface area contributed by atoms with E-state index in [4.69, 9.17) is 9.47 Å². The molecule has 0 unspecified atom stereocenters. The number of aromatic nitrogens is 2. The zero-order valence-electron chi connectivity index (χ0n) is 17.3. The third kappa shape index (κ3) is 4.40. The van der Waals surface area contributed by atoms with Gasteiger partial charge >= 0.3 is 0 Å². The summed E-state index contributed by atoms with van der Waals surface area (Å²) in [6.45, 7) is 4.86. The molecule has 1 fully saturated rings. The molecule has 7 heteroatoms. The Kier molecular flexibility index (Phi) is 5.88. The van der Waals surface area contributed by atoms with E-state index in [-0.39, 0.29) is 12.5 Å². The lowest BCUT2D eigenvalue weighted by Crippen LogP contribution is -2.50. The fourth-order valence-corrected chi connectivity index (χ4v) is 3.50. The van der Waals surface area contributed by atoms with Gasteiger partial charge < -0.3 is 19.3 Å². The number of anilines is 1. The monoisotopic (exact) mass is 406 g/mol. The molecule has 1 aliphatic rings. The summed E-state index contributed by atoms with van der Waals surface area (Å²) in [6, 6.07) is 15.6. The summed E-state index contributed by atoms with van der Waals surface area (Å²) in [7, 11) is 1.62. The molecular formula is C23H26N4O3. The Labute approximate surface area is 176 Å². The summed E-state index contributed by atoms with van der Waals surface area (Å²) < 4.78 is 12.8. The van der Waals surface area contributed by atoms with Crippen LogP contribution in [0.15, 0.2) is 60.9 Å². The lowest BCUT2D eigenvalue weighted by molar-refractivity contribution is -0.133. The predicted octanol–water partition coefficient (Wildman–Crippen LogP) is 2.92. The minimum Gasteiger partial charge on any atom is -0.497 e. The van der Waals surface area contributed by atoms with Crippen LogP contribution in [-0.2, 0) is 4.79 Å². The Morgan fingerprint density at radius 2 is 1.63 bits per heavy atom. The quantitative estimate of drug-likeness (QED) is 0.630. The molecule has 0 atom stereocenters. The molecule has 0 bridgehead atoms. The Morgan fingerprint density at radius 1 is 0.967 bits per heavy atom. The highest BCUT2D eigenvalue weighted by Crippen LogP contribution is 2.21. The molecule has 0 spiro atoms. The van der Waals surface area contributed by atoms with Crippen molar-refractivity contribution in [3.63, 3.8) is 0 Å². The first kappa shape index (κ1) is 19.8. The van der Waals surface area contributed by atoms with E-state index in [0.717, 1.165) is 30.5 Å². The van der Waals surface area contributed by atoms with E-state index in [1.807, 2.05) is 29.4 Å². The molecule has 7 nitrogen and oxygen atoms in total. The summed E-state index contributed by atoms with van der Waals surface area (Å²) in [5.41, 5.74) is 2.31. The summed E-state index contributed by atoms with van der Waals surface area (Å²) in [6.07, 6.45) is 3.79. The van der Waals surface area contributed by atoms with E-state index < -0.39 is 0 Å². The van der Waals surface area contributed by atoms with Crippen LogP contribution >= 0.6 is 0 Å². The molecule has 1 amide bonds. The maximum absolute atomic E-state index is 12.5. The van der Waals surface area contributed by atoms with Crippen LogP contribution in [0.3, 0.4) is 0 Å². The van der Waals surface area contributed by atoms with Gasteiger partial charge in [-0.3, -0.25) is 9.36 Å². The minimum absolute atomic E-state index is 0.00709. The Bertz CT molecular complexity index is 974. The average molecular weight is 406 g/mol. The van der Waals surface area contributed by atoms with E-state index in [0.29, 0.717) is 18.8 Å². The molecule has 0 radical (unpaired) electrons. The molecule has 2 heterocycles. The summed E-state index contributed by atoms with van der Waals surface area (Å²) in [5, 5.41) is 0. The highest BCUT2D eigenvalue weighted by Gasteiger charge is 2.24. The van der Waals surface area contributed by atoms with E-state index in [1.54, 1.807) is 19.2 Å². The van der Waals surface area contributed by atoms with Gasteiger partial charge in [-0.2, -0.15) is 0 Å². The molecule has 30 heavy (non-hydrogen) atoms. The Hall–Kier alpha value is -3.48. The predicted molar refractivity (Wildman–Crippen MR) is 116 cm³/mol. The van der Waals surface area contributed by atoms with Gasteiger partial charge in [-0.25, -0.2) is 4.98 Å². The standard InChI is InChI=1S/C23H26N4O3/c1-18-3-5-19(6-4-18)27-12-11-24-23(27)26-15-13-25(14-16-26)22(28)17-30-21-9-7-20(29-2)8-10-21/h3-12H,13-17H2,1-2H3. The van der Waals surface area contributed by atoms with Crippen LogP contribution in [0.25, 0.3) is 5.69 Å². The zero-order chi connectivity index (χ0) is 20.9. The smallest absolute Gasteiger partial charge is 0.260 e. The number of ether oxygens (including phenoxy) is 2. The molecule has 1 saturated heterocycles. The lowest BCUT2D eigenvalue weighted by Gasteiger charge is -2.35. The largest absolute Gasteiger partial charge is 0.497 e. The number of piperazine rings is 1. The van der Waals surface area contributed by atoms with Gasteiger partial charge in [0, 0.05) is 44.3 Å². The van der Waals surface area contributed by atoms with Crippen LogP contribution in [0.2, 0.25) is 0 Å². The van der Waals surface area contributed by atoms with Crippen molar-refractivity contribution in [2.45, 2.75) is 6.92 Å². The van der Waals surface area contributed by atoms with Gasteiger partial charge in [0.2, 0.25) is 5.95 Å². The number of rotatable bonds is 6. The number of hydrogen-bond donors (Lipinski definition) is 0. The summed E-state index contributed by atoms with van der Waals surface area (Å²) in [5.74, 6) is 2.31. The normalized spacial score (nSPS) is 13.9. The first-order chi connectivity index (χ1) is 14.6.